The third-order valence-corrected chi connectivity index (χ3v) is 2.11. The second kappa shape index (κ2) is 3.67. The van der Waals surface area contributed by atoms with Gasteiger partial charge in [0.2, 0.25) is 0 Å². The van der Waals surface area contributed by atoms with E-state index >= 15 is 0 Å². The van der Waals surface area contributed by atoms with Gasteiger partial charge in [-0.05, 0) is 19.1 Å². The molecule has 0 amide bonds. The molecule has 1 unspecified atom stereocenters. The Morgan fingerprint density at radius 3 is 3.07 bits per heavy atom. The van der Waals surface area contributed by atoms with E-state index in [1.807, 2.05) is 29.0 Å². The molecule has 2 rings (SSSR count). The number of hydrogen-bond acceptors (Lipinski definition) is 3. The monoisotopic (exact) mass is 192 g/mol. The van der Waals surface area contributed by atoms with Crippen LogP contribution in [0.1, 0.15) is 24.5 Å². The highest BCUT2D eigenvalue weighted by molar-refractivity contribution is 5.11. The van der Waals surface area contributed by atoms with Crippen molar-refractivity contribution in [1.29, 1.82) is 0 Å². The Morgan fingerprint density at radius 1 is 1.57 bits per heavy atom. The van der Waals surface area contributed by atoms with Gasteiger partial charge in [0.25, 0.3) is 0 Å². The van der Waals surface area contributed by atoms with Crippen molar-refractivity contribution >= 4 is 0 Å². The molecule has 0 fully saturated rings. The summed E-state index contributed by atoms with van der Waals surface area (Å²) < 4.78 is 6.92. The van der Waals surface area contributed by atoms with E-state index in [4.69, 9.17) is 4.52 Å². The summed E-state index contributed by atoms with van der Waals surface area (Å²) in [5, 5.41) is 13.1. The number of aliphatic hydroxyl groups is 1. The van der Waals surface area contributed by atoms with E-state index in [0.717, 1.165) is 11.5 Å². The minimum atomic E-state index is -0.465. The summed E-state index contributed by atoms with van der Waals surface area (Å²) in [5.41, 5.74) is 0.876. The Balaban J connectivity index is 2.21. The van der Waals surface area contributed by atoms with Crippen LogP contribution in [0.2, 0.25) is 0 Å². The maximum absolute atomic E-state index is 9.45. The molecule has 2 aromatic rings. The van der Waals surface area contributed by atoms with Gasteiger partial charge in [-0.3, -0.25) is 0 Å². The molecule has 4 heteroatoms. The van der Waals surface area contributed by atoms with Crippen LogP contribution in [0, 0.1) is 0 Å². The molecule has 4 nitrogen and oxygen atoms in total. The third kappa shape index (κ3) is 1.70. The zero-order valence-electron chi connectivity index (χ0n) is 7.92. The third-order valence-electron chi connectivity index (χ3n) is 2.11. The molecule has 0 saturated carbocycles. The van der Waals surface area contributed by atoms with E-state index in [0.29, 0.717) is 6.54 Å². The quantitative estimate of drug-likeness (QED) is 0.803. The summed E-state index contributed by atoms with van der Waals surface area (Å²) in [5.74, 6) is 0.781. The topological polar surface area (TPSA) is 51.2 Å². The molecule has 0 aliphatic heterocycles. The van der Waals surface area contributed by atoms with Gasteiger partial charge in [0, 0.05) is 18.0 Å². The van der Waals surface area contributed by atoms with E-state index in [1.54, 1.807) is 13.1 Å². The normalized spacial score (nSPS) is 13.0. The lowest BCUT2D eigenvalue weighted by atomic mass is 10.3. The van der Waals surface area contributed by atoms with Crippen LogP contribution < -0.4 is 0 Å². The number of nitrogens with zero attached hydrogens (tertiary/aromatic N) is 2. The van der Waals surface area contributed by atoms with Crippen LogP contribution in [0.5, 0.6) is 0 Å². The van der Waals surface area contributed by atoms with Crippen molar-refractivity contribution in [2.75, 3.05) is 0 Å². The Morgan fingerprint density at radius 2 is 2.43 bits per heavy atom. The van der Waals surface area contributed by atoms with Crippen LogP contribution in [0.4, 0.5) is 0 Å². The van der Waals surface area contributed by atoms with Gasteiger partial charge in [-0.25, -0.2) is 0 Å². The summed E-state index contributed by atoms with van der Waals surface area (Å²) in [6, 6.07) is 5.60. The van der Waals surface area contributed by atoms with Gasteiger partial charge in [-0.15, -0.1) is 0 Å². The molecule has 2 heterocycles. The highest BCUT2D eigenvalue weighted by atomic mass is 16.5. The summed E-state index contributed by atoms with van der Waals surface area (Å²) in [6.07, 6.45) is 3.05. The van der Waals surface area contributed by atoms with Crippen molar-refractivity contribution in [2.24, 2.45) is 0 Å². The minimum absolute atomic E-state index is 0.465. The molecule has 0 bridgehead atoms. The molecular formula is C10H12N2O2. The highest BCUT2D eigenvalue weighted by Crippen LogP contribution is 2.14. The molecule has 0 radical (unpaired) electrons. The largest absolute Gasteiger partial charge is 0.387 e. The van der Waals surface area contributed by atoms with E-state index in [9.17, 15) is 5.11 Å². The van der Waals surface area contributed by atoms with Crippen molar-refractivity contribution in [2.45, 2.75) is 19.6 Å². The summed E-state index contributed by atoms with van der Waals surface area (Å²) >= 11 is 0. The first-order valence-corrected chi connectivity index (χ1v) is 4.50. The fraction of sp³-hybridized carbons (Fsp3) is 0.300. The Labute approximate surface area is 81.8 Å². The molecule has 2 aromatic heterocycles. The molecule has 0 aliphatic rings. The van der Waals surface area contributed by atoms with E-state index < -0.39 is 6.10 Å². The predicted octanol–water partition coefficient (Wildman–Crippen LogP) is 1.58. The fourth-order valence-electron chi connectivity index (χ4n) is 1.44. The van der Waals surface area contributed by atoms with Crippen LogP contribution in [0.15, 0.2) is 35.1 Å². The Hall–Kier alpha value is -1.55. The molecule has 0 spiro atoms. The molecule has 1 N–H and O–H groups in total. The van der Waals surface area contributed by atoms with Gasteiger partial charge < -0.3 is 14.2 Å². The maximum atomic E-state index is 9.45. The molecular weight excluding hydrogens is 180 g/mol. The zero-order valence-corrected chi connectivity index (χ0v) is 7.92. The van der Waals surface area contributed by atoms with Gasteiger partial charge in [0.05, 0.1) is 18.8 Å². The summed E-state index contributed by atoms with van der Waals surface area (Å²) in [7, 11) is 0. The molecule has 0 saturated heterocycles. The van der Waals surface area contributed by atoms with Crippen LogP contribution in [-0.4, -0.2) is 14.8 Å². The lowest BCUT2D eigenvalue weighted by Gasteiger charge is -2.08. The van der Waals surface area contributed by atoms with Crippen LogP contribution >= 0.6 is 0 Å². The summed E-state index contributed by atoms with van der Waals surface area (Å²) in [4.78, 5) is 0. The number of rotatable bonds is 3. The molecule has 14 heavy (non-hydrogen) atoms. The zero-order chi connectivity index (χ0) is 9.97. The van der Waals surface area contributed by atoms with Crippen molar-refractivity contribution < 1.29 is 9.63 Å². The molecule has 0 aliphatic carbocycles. The van der Waals surface area contributed by atoms with Gasteiger partial charge in [0.15, 0.2) is 5.76 Å². The number of hydrogen-bond donors (Lipinski definition) is 1. The first-order valence-electron chi connectivity index (χ1n) is 4.50. The van der Waals surface area contributed by atoms with E-state index in [-0.39, 0.29) is 0 Å². The number of aliphatic hydroxyl groups excluding tert-OH is 1. The summed E-state index contributed by atoms with van der Waals surface area (Å²) in [6.45, 7) is 2.35. The smallest absolute Gasteiger partial charge is 0.156 e. The maximum Gasteiger partial charge on any atom is 0.156 e. The van der Waals surface area contributed by atoms with E-state index in [2.05, 4.69) is 5.16 Å². The second-order valence-electron chi connectivity index (χ2n) is 3.22. The molecule has 1 atom stereocenters. The molecule has 74 valence electrons. The Kier molecular flexibility index (Phi) is 2.37. The highest BCUT2D eigenvalue weighted by Gasteiger charge is 2.07. The van der Waals surface area contributed by atoms with E-state index in [1.165, 1.54) is 0 Å². The van der Waals surface area contributed by atoms with Crippen molar-refractivity contribution in [3.63, 3.8) is 0 Å². The van der Waals surface area contributed by atoms with Gasteiger partial charge in [-0.2, -0.15) is 0 Å². The van der Waals surface area contributed by atoms with Crippen LogP contribution in [0.25, 0.3) is 0 Å². The lowest BCUT2D eigenvalue weighted by Crippen LogP contribution is -2.05. The van der Waals surface area contributed by atoms with Gasteiger partial charge in [0.1, 0.15) is 0 Å². The first kappa shape index (κ1) is 9.02. The average Bonchev–Trinajstić information content (AvgIpc) is 2.75. The average molecular weight is 192 g/mol. The van der Waals surface area contributed by atoms with Crippen LogP contribution in [-0.2, 0) is 6.54 Å². The van der Waals surface area contributed by atoms with Gasteiger partial charge in [-0.1, -0.05) is 5.16 Å². The fourth-order valence-corrected chi connectivity index (χ4v) is 1.44. The SMILES string of the molecule is CC(O)c1cccn1Cc1ccno1. The number of aromatic nitrogens is 2. The van der Waals surface area contributed by atoms with Crippen molar-refractivity contribution in [3.8, 4) is 0 Å². The van der Waals surface area contributed by atoms with Gasteiger partial charge >= 0.3 is 0 Å². The Bertz CT molecular complexity index is 390. The standard InChI is InChI=1S/C10H12N2O2/c1-8(13)10-3-2-6-12(10)7-9-4-5-11-14-9/h2-6,8,13H,7H2,1H3. The predicted molar refractivity (Wildman–Crippen MR) is 50.7 cm³/mol. The minimum Gasteiger partial charge on any atom is -0.387 e. The van der Waals surface area contributed by atoms with Crippen LogP contribution in [0.3, 0.4) is 0 Å². The first-order chi connectivity index (χ1) is 6.77. The van der Waals surface area contributed by atoms with Crippen molar-refractivity contribution in [3.05, 3.63) is 42.0 Å². The lowest BCUT2D eigenvalue weighted by molar-refractivity contribution is 0.189. The van der Waals surface area contributed by atoms with Crippen molar-refractivity contribution in [1.82, 2.24) is 9.72 Å². The molecule has 0 aromatic carbocycles. The second-order valence-corrected chi connectivity index (χ2v) is 3.22.